The number of para-hydroxylation sites is 1. The van der Waals surface area contributed by atoms with Crippen molar-refractivity contribution in [2.75, 3.05) is 18.9 Å². The first-order valence-electron chi connectivity index (χ1n) is 9.99. The summed E-state index contributed by atoms with van der Waals surface area (Å²) in [4.78, 5) is 12.3. The van der Waals surface area contributed by atoms with E-state index in [9.17, 15) is 9.18 Å². The maximum Gasteiger partial charge on any atom is 0.230 e. The molecule has 1 N–H and O–H groups in total. The molecule has 1 atom stereocenters. The number of amides is 1. The summed E-state index contributed by atoms with van der Waals surface area (Å²) < 4.78 is 21.8. The van der Waals surface area contributed by atoms with Crippen LogP contribution in [0.3, 0.4) is 0 Å². The van der Waals surface area contributed by atoms with Gasteiger partial charge in [-0.25, -0.2) is 4.39 Å². The Morgan fingerprint density at radius 3 is 2.73 bits per heavy atom. The molecule has 8 heteroatoms. The third-order valence-corrected chi connectivity index (χ3v) is 5.84. The van der Waals surface area contributed by atoms with Gasteiger partial charge in [0, 0.05) is 18.8 Å². The van der Waals surface area contributed by atoms with E-state index in [1.54, 1.807) is 22.8 Å². The minimum Gasteiger partial charge on any atom is -0.378 e. The second-order valence-corrected chi connectivity index (χ2v) is 7.96. The van der Waals surface area contributed by atoms with Crippen molar-refractivity contribution in [2.45, 2.75) is 30.5 Å². The van der Waals surface area contributed by atoms with E-state index in [1.807, 2.05) is 30.3 Å². The first-order valence-corrected chi connectivity index (χ1v) is 11.0. The maximum atomic E-state index is 14.4. The molecule has 0 aliphatic carbocycles. The van der Waals surface area contributed by atoms with E-state index >= 15 is 0 Å². The molecule has 3 aromatic rings. The lowest BCUT2D eigenvalue weighted by atomic mass is 10.2. The number of thioether (sulfide) groups is 1. The number of nitrogens with zero attached hydrogens (tertiary/aromatic N) is 3. The van der Waals surface area contributed by atoms with Crippen molar-refractivity contribution in [3.63, 3.8) is 0 Å². The Balaban J connectivity index is 1.48. The molecule has 1 amide bonds. The highest BCUT2D eigenvalue weighted by molar-refractivity contribution is 7.99. The molecular weight excluding hydrogens is 403 g/mol. The van der Waals surface area contributed by atoms with Crippen LogP contribution in [0.25, 0.3) is 17.1 Å². The molecule has 156 valence electrons. The fourth-order valence-electron chi connectivity index (χ4n) is 3.42. The van der Waals surface area contributed by atoms with Crippen molar-refractivity contribution >= 4 is 17.7 Å². The van der Waals surface area contributed by atoms with Gasteiger partial charge in [-0.15, -0.1) is 10.2 Å². The molecule has 30 heavy (non-hydrogen) atoms. The maximum absolute atomic E-state index is 14.4. The van der Waals surface area contributed by atoms with Gasteiger partial charge in [-0.2, -0.15) is 0 Å². The van der Waals surface area contributed by atoms with Crippen LogP contribution in [0, 0.1) is 5.82 Å². The molecule has 1 unspecified atom stereocenters. The lowest BCUT2D eigenvalue weighted by molar-refractivity contribution is -0.118. The van der Waals surface area contributed by atoms with Crippen LogP contribution in [-0.4, -0.2) is 45.7 Å². The number of carbonyl (C=O) groups is 1. The molecule has 0 spiro atoms. The van der Waals surface area contributed by atoms with Gasteiger partial charge in [0.05, 0.1) is 17.4 Å². The Hall–Kier alpha value is -2.71. The van der Waals surface area contributed by atoms with Gasteiger partial charge in [0.1, 0.15) is 5.82 Å². The largest absolute Gasteiger partial charge is 0.378 e. The molecule has 0 saturated carbocycles. The highest BCUT2D eigenvalue weighted by Gasteiger charge is 2.20. The average molecular weight is 427 g/mol. The third-order valence-electron chi connectivity index (χ3n) is 4.91. The van der Waals surface area contributed by atoms with Crippen LogP contribution < -0.4 is 5.32 Å². The molecule has 1 aromatic heterocycles. The molecule has 1 saturated heterocycles. The Morgan fingerprint density at radius 1 is 1.17 bits per heavy atom. The van der Waals surface area contributed by atoms with Crippen LogP contribution in [0.4, 0.5) is 4.39 Å². The fraction of sp³-hybridized carbons (Fsp3) is 0.318. The van der Waals surface area contributed by atoms with Crippen molar-refractivity contribution in [3.8, 4) is 17.1 Å². The Kier molecular flexibility index (Phi) is 6.76. The fourth-order valence-corrected chi connectivity index (χ4v) is 4.20. The number of benzene rings is 2. The zero-order valence-electron chi connectivity index (χ0n) is 16.5. The van der Waals surface area contributed by atoms with Crippen LogP contribution in [0.5, 0.6) is 0 Å². The lowest BCUT2D eigenvalue weighted by Gasteiger charge is -2.11. The number of rotatable bonds is 8. The highest BCUT2D eigenvalue weighted by Crippen LogP contribution is 2.29. The van der Waals surface area contributed by atoms with E-state index in [0.29, 0.717) is 23.1 Å². The minimum absolute atomic E-state index is 0.0759. The van der Waals surface area contributed by atoms with E-state index in [1.165, 1.54) is 17.8 Å². The Labute approximate surface area is 178 Å². The van der Waals surface area contributed by atoms with E-state index < -0.39 is 0 Å². The van der Waals surface area contributed by atoms with E-state index in [2.05, 4.69) is 15.5 Å². The van der Waals surface area contributed by atoms with Gasteiger partial charge in [0.15, 0.2) is 11.0 Å². The molecule has 0 radical (unpaired) electrons. The first-order chi connectivity index (χ1) is 14.7. The summed E-state index contributed by atoms with van der Waals surface area (Å²) in [7, 11) is 0. The number of nitrogens with one attached hydrogen (secondary N) is 1. The summed E-state index contributed by atoms with van der Waals surface area (Å²) in [6.07, 6.45) is 3.23. The zero-order valence-corrected chi connectivity index (χ0v) is 17.3. The number of ether oxygens (including phenoxy) is 1. The molecule has 1 aliphatic heterocycles. The zero-order chi connectivity index (χ0) is 20.8. The van der Waals surface area contributed by atoms with Gasteiger partial charge in [-0.1, -0.05) is 42.1 Å². The smallest absolute Gasteiger partial charge is 0.230 e. The van der Waals surface area contributed by atoms with Crippen molar-refractivity contribution in [3.05, 3.63) is 60.4 Å². The standard InChI is InChI=1S/C22H23FN4O2S/c23-19-11-5-4-10-18(19)21-25-26-22(27(21)16-7-2-1-3-8-16)30-15-20(28)24-13-12-17-9-6-14-29-17/h1-5,7-8,10-11,17H,6,9,12-15H2,(H,24,28). The topological polar surface area (TPSA) is 69.0 Å². The van der Waals surface area contributed by atoms with Gasteiger partial charge >= 0.3 is 0 Å². The third kappa shape index (κ3) is 4.88. The van der Waals surface area contributed by atoms with Crippen molar-refractivity contribution < 1.29 is 13.9 Å². The predicted octanol–water partition coefficient (Wildman–Crippen LogP) is 3.85. The average Bonchev–Trinajstić information content (AvgIpc) is 3.43. The molecule has 4 rings (SSSR count). The van der Waals surface area contributed by atoms with Crippen LogP contribution in [0.1, 0.15) is 19.3 Å². The molecule has 2 aromatic carbocycles. The van der Waals surface area contributed by atoms with Gasteiger partial charge < -0.3 is 10.1 Å². The molecule has 2 heterocycles. The van der Waals surface area contributed by atoms with E-state index in [0.717, 1.165) is 31.6 Å². The van der Waals surface area contributed by atoms with Crippen molar-refractivity contribution in [1.29, 1.82) is 0 Å². The van der Waals surface area contributed by atoms with Crippen LogP contribution in [0.2, 0.25) is 0 Å². The summed E-state index contributed by atoms with van der Waals surface area (Å²) in [5.74, 6) is 0.160. The van der Waals surface area contributed by atoms with Crippen LogP contribution in [0.15, 0.2) is 59.8 Å². The molecular formula is C22H23FN4O2S. The SMILES string of the molecule is O=C(CSc1nnc(-c2ccccc2F)n1-c1ccccc1)NCCC1CCCO1. The van der Waals surface area contributed by atoms with E-state index in [4.69, 9.17) is 4.74 Å². The highest BCUT2D eigenvalue weighted by atomic mass is 32.2. The summed E-state index contributed by atoms with van der Waals surface area (Å²) in [5.41, 5.74) is 1.17. The molecule has 1 aliphatic rings. The molecule has 6 nitrogen and oxygen atoms in total. The summed E-state index contributed by atoms with van der Waals surface area (Å²) in [6.45, 7) is 1.41. The Morgan fingerprint density at radius 2 is 1.97 bits per heavy atom. The molecule has 1 fully saturated rings. The molecule has 0 bridgehead atoms. The van der Waals surface area contributed by atoms with Gasteiger partial charge in [-0.3, -0.25) is 9.36 Å². The summed E-state index contributed by atoms with van der Waals surface area (Å²) in [6, 6.07) is 16.0. The number of hydrogen-bond donors (Lipinski definition) is 1. The van der Waals surface area contributed by atoms with Crippen LogP contribution in [-0.2, 0) is 9.53 Å². The Bertz CT molecular complexity index is 990. The monoisotopic (exact) mass is 426 g/mol. The second kappa shape index (κ2) is 9.86. The minimum atomic E-state index is -0.370. The number of carbonyl (C=O) groups excluding carboxylic acids is 1. The lowest BCUT2D eigenvalue weighted by Crippen LogP contribution is -2.28. The number of aromatic nitrogens is 3. The first kappa shape index (κ1) is 20.6. The van der Waals surface area contributed by atoms with E-state index in [-0.39, 0.29) is 23.6 Å². The number of hydrogen-bond acceptors (Lipinski definition) is 5. The van der Waals surface area contributed by atoms with Crippen molar-refractivity contribution in [2.24, 2.45) is 0 Å². The predicted molar refractivity (Wildman–Crippen MR) is 114 cm³/mol. The second-order valence-electron chi connectivity index (χ2n) is 7.02. The van der Waals surface area contributed by atoms with Crippen LogP contribution >= 0.6 is 11.8 Å². The number of halogens is 1. The van der Waals surface area contributed by atoms with Gasteiger partial charge in [0.2, 0.25) is 5.91 Å². The quantitative estimate of drug-likeness (QED) is 0.554. The van der Waals surface area contributed by atoms with Gasteiger partial charge in [-0.05, 0) is 43.5 Å². The van der Waals surface area contributed by atoms with Gasteiger partial charge in [0.25, 0.3) is 0 Å². The van der Waals surface area contributed by atoms with Crippen molar-refractivity contribution in [1.82, 2.24) is 20.1 Å². The summed E-state index contributed by atoms with van der Waals surface area (Å²) >= 11 is 1.28. The summed E-state index contributed by atoms with van der Waals surface area (Å²) in [5, 5.41) is 11.9. The normalized spacial score (nSPS) is 16.0.